The Morgan fingerprint density at radius 3 is 2.45 bits per heavy atom. The molecule has 0 aromatic heterocycles. The molecule has 0 spiro atoms. The van der Waals surface area contributed by atoms with Crippen LogP contribution in [0.3, 0.4) is 0 Å². The van der Waals surface area contributed by atoms with Gasteiger partial charge in [-0.05, 0) is 36.8 Å². The smallest absolute Gasteiger partial charge is 0.163 e. The van der Waals surface area contributed by atoms with Crippen LogP contribution >= 0.6 is 15.9 Å². The maximum absolute atomic E-state index is 11.4. The zero-order chi connectivity index (χ0) is 14.5. The number of ketones is 1. The number of carbonyl (C=O) groups is 1. The van der Waals surface area contributed by atoms with E-state index >= 15 is 0 Å². The van der Waals surface area contributed by atoms with Crippen molar-refractivity contribution in [2.75, 3.05) is 7.11 Å². The van der Waals surface area contributed by atoms with Gasteiger partial charge in [-0.1, -0.05) is 28.1 Å². The Bertz CT molecular complexity index is 606. The first-order valence-corrected chi connectivity index (χ1v) is 6.95. The van der Waals surface area contributed by atoms with Gasteiger partial charge in [0.15, 0.2) is 5.78 Å². The van der Waals surface area contributed by atoms with Crippen molar-refractivity contribution in [2.45, 2.75) is 13.5 Å². The minimum absolute atomic E-state index is 0.0266. The summed E-state index contributed by atoms with van der Waals surface area (Å²) in [6, 6.07) is 13.2. The van der Waals surface area contributed by atoms with Gasteiger partial charge in [-0.15, -0.1) is 0 Å². The molecule has 0 fully saturated rings. The maximum atomic E-state index is 11.4. The molecule has 0 aliphatic heterocycles. The molecule has 4 heteroatoms. The highest BCUT2D eigenvalue weighted by atomic mass is 79.9. The lowest BCUT2D eigenvalue weighted by Crippen LogP contribution is -2.00. The maximum Gasteiger partial charge on any atom is 0.163 e. The first-order chi connectivity index (χ1) is 9.60. The van der Waals surface area contributed by atoms with Crippen molar-refractivity contribution in [1.29, 1.82) is 0 Å². The molecule has 0 aliphatic rings. The Hall–Kier alpha value is -1.81. The van der Waals surface area contributed by atoms with Gasteiger partial charge in [0, 0.05) is 10.5 Å². The fourth-order valence-electron chi connectivity index (χ4n) is 1.80. The van der Waals surface area contributed by atoms with Crippen LogP contribution in [0.25, 0.3) is 0 Å². The predicted octanol–water partition coefficient (Wildman–Crippen LogP) is 4.24. The molecule has 3 nitrogen and oxygen atoms in total. The monoisotopic (exact) mass is 334 g/mol. The summed E-state index contributed by atoms with van der Waals surface area (Å²) < 4.78 is 11.9. The summed E-state index contributed by atoms with van der Waals surface area (Å²) in [5.41, 5.74) is 1.63. The molecule has 0 saturated carbocycles. The number of Topliss-reactive ketones (excluding diaryl/α,β-unsaturated/α-hetero) is 1. The van der Waals surface area contributed by atoms with Gasteiger partial charge in [0.1, 0.15) is 18.1 Å². The summed E-state index contributed by atoms with van der Waals surface area (Å²) in [6.07, 6.45) is 0. The predicted molar refractivity (Wildman–Crippen MR) is 81.5 cm³/mol. The average molecular weight is 335 g/mol. The van der Waals surface area contributed by atoms with Crippen LogP contribution in [0.5, 0.6) is 11.5 Å². The lowest BCUT2D eigenvalue weighted by Gasteiger charge is -2.10. The van der Waals surface area contributed by atoms with Crippen LogP contribution in [0.4, 0.5) is 0 Å². The summed E-state index contributed by atoms with van der Waals surface area (Å²) >= 11 is 3.39. The molecule has 0 unspecified atom stereocenters. The third-order valence-electron chi connectivity index (χ3n) is 2.87. The van der Waals surface area contributed by atoms with Gasteiger partial charge in [0.2, 0.25) is 0 Å². The number of rotatable bonds is 5. The molecule has 0 N–H and O–H groups in total. The standard InChI is InChI=1S/C16H15BrO3/c1-11(18)15-8-7-14(9-16(15)19-2)20-10-12-3-5-13(17)6-4-12/h3-9H,10H2,1-2H3. The lowest BCUT2D eigenvalue weighted by atomic mass is 10.1. The highest BCUT2D eigenvalue weighted by Gasteiger charge is 2.09. The Labute approximate surface area is 126 Å². The van der Waals surface area contributed by atoms with Crippen molar-refractivity contribution in [3.8, 4) is 11.5 Å². The molecule has 0 amide bonds. The minimum Gasteiger partial charge on any atom is -0.496 e. The van der Waals surface area contributed by atoms with E-state index in [1.165, 1.54) is 6.92 Å². The van der Waals surface area contributed by atoms with Crippen LogP contribution in [0.15, 0.2) is 46.9 Å². The van der Waals surface area contributed by atoms with E-state index in [1.54, 1.807) is 25.3 Å². The summed E-state index contributed by atoms with van der Waals surface area (Å²) in [4.78, 5) is 11.4. The van der Waals surface area contributed by atoms with Gasteiger partial charge in [-0.25, -0.2) is 0 Å². The molecule has 0 radical (unpaired) electrons. The Balaban J connectivity index is 2.10. The largest absolute Gasteiger partial charge is 0.496 e. The number of carbonyl (C=O) groups excluding carboxylic acids is 1. The molecule has 0 saturated heterocycles. The molecule has 104 valence electrons. The zero-order valence-electron chi connectivity index (χ0n) is 11.4. The van der Waals surface area contributed by atoms with Gasteiger partial charge in [-0.2, -0.15) is 0 Å². The third-order valence-corrected chi connectivity index (χ3v) is 3.40. The molecule has 0 heterocycles. The quantitative estimate of drug-likeness (QED) is 0.767. The Kier molecular flexibility index (Phi) is 4.79. The van der Waals surface area contributed by atoms with Crippen LogP contribution in [0.1, 0.15) is 22.8 Å². The molecule has 0 atom stereocenters. The van der Waals surface area contributed by atoms with Gasteiger partial charge in [-0.3, -0.25) is 4.79 Å². The number of hydrogen-bond acceptors (Lipinski definition) is 3. The second-order valence-electron chi connectivity index (χ2n) is 4.33. The highest BCUT2D eigenvalue weighted by Crippen LogP contribution is 2.25. The molecule has 2 rings (SSSR count). The van der Waals surface area contributed by atoms with E-state index in [0.717, 1.165) is 10.0 Å². The second kappa shape index (κ2) is 6.57. The molecule has 2 aromatic carbocycles. The average Bonchev–Trinajstić information content (AvgIpc) is 2.46. The van der Waals surface area contributed by atoms with E-state index in [-0.39, 0.29) is 5.78 Å². The van der Waals surface area contributed by atoms with Gasteiger partial charge >= 0.3 is 0 Å². The highest BCUT2D eigenvalue weighted by molar-refractivity contribution is 9.10. The van der Waals surface area contributed by atoms with Crippen molar-refractivity contribution in [2.24, 2.45) is 0 Å². The van der Waals surface area contributed by atoms with Crippen molar-refractivity contribution in [3.05, 3.63) is 58.1 Å². The fraction of sp³-hybridized carbons (Fsp3) is 0.188. The SMILES string of the molecule is COc1cc(OCc2ccc(Br)cc2)ccc1C(C)=O. The number of hydrogen-bond donors (Lipinski definition) is 0. The van der Waals surface area contributed by atoms with Gasteiger partial charge in [0.05, 0.1) is 12.7 Å². The Morgan fingerprint density at radius 1 is 1.15 bits per heavy atom. The first kappa shape index (κ1) is 14.6. The van der Waals surface area contributed by atoms with Crippen molar-refractivity contribution < 1.29 is 14.3 Å². The molecule has 2 aromatic rings. The number of ether oxygens (including phenoxy) is 2. The molecular weight excluding hydrogens is 320 g/mol. The van der Waals surface area contributed by atoms with Crippen molar-refractivity contribution in [1.82, 2.24) is 0 Å². The van der Waals surface area contributed by atoms with Crippen molar-refractivity contribution in [3.63, 3.8) is 0 Å². The van der Waals surface area contributed by atoms with Crippen LogP contribution < -0.4 is 9.47 Å². The Morgan fingerprint density at radius 2 is 1.85 bits per heavy atom. The molecule has 0 bridgehead atoms. The van der Waals surface area contributed by atoms with E-state index in [0.29, 0.717) is 23.7 Å². The number of methoxy groups -OCH3 is 1. The molecule has 20 heavy (non-hydrogen) atoms. The summed E-state index contributed by atoms with van der Waals surface area (Å²) in [7, 11) is 1.54. The third kappa shape index (κ3) is 3.61. The summed E-state index contributed by atoms with van der Waals surface area (Å²) in [5.74, 6) is 1.18. The minimum atomic E-state index is -0.0266. The van der Waals surface area contributed by atoms with Gasteiger partial charge in [0.25, 0.3) is 0 Å². The second-order valence-corrected chi connectivity index (χ2v) is 5.25. The first-order valence-electron chi connectivity index (χ1n) is 6.16. The van der Waals surface area contributed by atoms with Crippen LogP contribution in [-0.2, 0) is 6.61 Å². The van der Waals surface area contributed by atoms with E-state index < -0.39 is 0 Å². The van der Waals surface area contributed by atoms with E-state index in [2.05, 4.69) is 15.9 Å². The summed E-state index contributed by atoms with van der Waals surface area (Å²) in [6.45, 7) is 1.98. The van der Waals surface area contributed by atoms with Gasteiger partial charge < -0.3 is 9.47 Å². The fourth-order valence-corrected chi connectivity index (χ4v) is 2.06. The summed E-state index contributed by atoms with van der Waals surface area (Å²) in [5, 5.41) is 0. The normalized spacial score (nSPS) is 10.2. The number of benzene rings is 2. The molecular formula is C16H15BrO3. The van der Waals surface area contributed by atoms with Crippen LogP contribution in [0.2, 0.25) is 0 Å². The topological polar surface area (TPSA) is 35.5 Å². The van der Waals surface area contributed by atoms with Crippen LogP contribution in [0, 0.1) is 0 Å². The molecule has 0 aliphatic carbocycles. The van der Waals surface area contributed by atoms with E-state index in [4.69, 9.17) is 9.47 Å². The number of halogens is 1. The zero-order valence-corrected chi connectivity index (χ0v) is 12.9. The van der Waals surface area contributed by atoms with E-state index in [9.17, 15) is 4.79 Å². The van der Waals surface area contributed by atoms with Crippen LogP contribution in [-0.4, -0.2) is 12.9 Å². The lowest BCUT2D eigenvalue weighted by molar-refractivity contribution is 0.101. The van der Waals surface area contributed by atoms with Crippen molar-refractivity contribution >= 4 is 21.7 Å². The van der Waals surface area contributed by atoms with E-state index in [1.807, 2.05) is 24.3 Å².